The van der Waals surface area contributed by atoms with Gasteiger partial charge >= 0.3 is 0 Å². The summed E-state index contributed by atoms with van der Waals surface area (Å²) in [6, 6.07) is 6.80. The van der Waals surface area contributed by atoms with E-state index < -0.39 is 0 Å². The van der Waals surface area contributed by atoms with Gasteiger partial charge in [0, 0.05) is 18.2 Å². The van der Waals surface area contributed by atoms with Gasteiger partial charge in [-0.1, -0.05) is 68.8 Å². The third-order valence-corrected chi connectivity index (χ3v) is 4.82. The second-order valence-corrected chi connectivity index (χ2v) is 6.85. The molecule has 0 amide bonds. The third-order valence-electron chi connectivity index (χ3n) is 4.82. The highest BCUT2D eigenvalue weighted by molar-refractivity contribution is 5.95. The van der Waals surface area contributed by atoms with Gasteiger partial charge in [0.25, 0.3) is 0 Å². The highest BCUT2D eigenvalue weighted by atomic mass is 14.7. The van der Waals surface area contributed by atoms with Crippen LogP contribution in [0.4, 0.5) is 0 Å². The van der Waals surface area contributed by atoms with Gasteiger partial charge in [-0.3, -0.25) is 4.99 Å². The molecule has 0 saturated carbocycles. The molecule has 1 nitrogen and oxygen atoms in total. The summed E-state index contributed by atoms with van der Waals surface area (Å²) in [5.74, 6) is 0.530. The van der Waals surface area contributed by atoms with Gasteiger partial charge in [0.1, 0.15) is 0 Å². The number of nitrogens with zero attached hydrogens (tertiary/aromatic N) is 1. The Morgan fingerprint density at radius 3 is 2.80 bits per heavy atom. The average molecular weight is 336 g/mol. The van der Waals surface area contributed by atoms with Gasteiger partial charge in [-0.25, -0.2) is 0 Å². The Bertz CT molecular complexity index is 646. The summed E-state index contributed by atoms with van der Waals surface area (Å²) in [5.41, 5.74) is 5.65. The standard InChI is InChI=1S/C24H33N/c1-4-6-8-15-23(25-19-5-2)18-17-21-14-11-16-24(20(21)3)22-12-9-7-10-13-22/h7-12,14-16,22H,4-6,13,17-19H2,1-3H3/b15-8-,25-23?. The van der Waals surface area contributed by atoms with E-state index in [1.165, 1.54) is 28.8 Å². The lowest BCUT2D eigenvalue weighted by molar-refractivity contribution is 0.837. The first-order chi connectivity index (χ1) is 12.3. The first-order valence-corrected chi connectivity index (χ1v) is 9.87. The minimum absolute atomic E-state index is 0.530. The van der Waals surface area contributed by atoms with Crippen molar-refractivity contribution in [1.29, 1.82) is 0 Å². The van der Waals surface area contributed by atoms with Crippen LogP contribution < -0.4 is 0 Å². The van der Waals surface area contributed by atoms with Crippen LogP contribution in [0.1, 0.15) is 68.6 Å². The number of allylic oxidation sites excluding steroid dienone is 6. The maximum Gasteiger partial charge on any atom is 0.0389 e. The predicted molar refractivity (Wildman–Crippen MR) is 112 cm³/mol. The van der Waals surface area contributed by atoms with E-state index in [0.29, 0.717) is 5.92 Å². The van der Waals surface area contributed by atoms with E-state index in [-0.39, 0.29) is 0 Å². The Hall–Kier alpha value is -1.89. The number of benzene rings is 1. The molecular formula is C24H33N. The van der Waals surface area contributed by atoms with Crippen molar-refractivity contribution in [3.05, 3.63) is 71.3 Å². The molecule has 0 aromatic heterocycles. The highest BCUT2D eigenvalue weighted by Crippen LogP contribution is 2.29. The van der Waals surface area contributed by atoms with E-state index in [1.54, 1.807) is 0 Å². The summed E-state index contributed by atoms with van der Waals surface area (Å²) in [6.07, 6.45) is 20.1. The zero-order valence-corrected chi connectivity index (χ0v) is 16.2. The second-order valence-electron chi connectivity index (χ2n) is 6.85. The van der Waals surface area contributed by atoms with Crippen molar-refractivity contribution in [3.63, 3.8) is 0 Å². The normalized spacial score (nSPS) is 17.6. The van der Waals surface area contributed by atoms with Crippen molar-refractivity contribution in [2.24, 2.45) is 4.99 Å². The Kier molecular flexibility index (Phi) is 8.45. The van der Waals surface area contributed by atoms with Gasteiger partial charge in [-0.2, -0.15) is 0 Å². The first kappa shape index (κ1) is 19.4. The molecule has 0 bridgehead atoms. The van der Waals surface area contributed by atoms with E-state index in [1.807, 2.05) is 0 Å². The summed E-state index contributed by atoms with van der Waals surface area (Å²) in [6.45, 7) is 7.63. The quantitative estimate of drug-likeness (QED) is 0.443. The van der Waals surface area contributed by atoms with Crippen molar-refractivity contribution >= 4 is 5.71 Å². The number of hydrogen-bond acceptors (Lipinski definition) is 1. The van der Waals surface area contributed by atoms with E-state index >= 15 is 0 Å². The molecule has 0 spiro atoms. The molecule has 1 aliphatic rings. The van der Waals surface area contributed by atoms with Gasteiger partial charge in [0.2, 0.25) is 0 Å². The lowest BCUT2D eigenvalue weighted by Gasteiger charge is -2.18. The minimum atomic E-state index is 0.530. The molecule has 0 heterocycles. The number of aliphatic imine (C=N–C) groups is 1. The average Bonchev–Trinajstić information content (AvgIpc) is 2.65. The van der Waals surface area contributed by atoms with Crippen molar-refractivity contribution in [2.45, 2.75) is 65.2 Å². The SMILES string of the molecule is CCC/C=C\C(CCc1cccc(C2C=CC=CC2)c1C)=NCCC. The van der Waals surface area contributed by atoms with Crippen LogP contribution in [0.3, 0.4) is 0 Å². The summed E-state index contributed by atoms with van der Waals surface area (Å²) in [7, 11) is 0. The van der Waals surface area contributed by atoms with Crippen LogP contribution in [0.25, 0.3) is 0 Å². The number of aryl methyl sites for hydroxylation is 1. The number of hydrogen-bond donors (Lipinski definition) is 0. The lowest BCUT2D eigenvalue weighted by Crippen LogP contribution is -2.04. The van der Waals surface area contributed by atoms with Crippen LogP contribution in [0.2, 0.25) is 0 Å². The third kappa shape index (κ3) is 6.16. The number of rotatable bonds is 9. The molecule has 2 rings (SSSR count). The molecule has 0 aliphatic heterocycles. The molecule has 0 fully saturated rings. The van der Waals surface area contributed by atoms with Crippen molar-refractivity contribution < 1.29 is 0 Å². The van der Waals surface area contributed by atoms with E-state index in [9.17, 15) is 0 Å². The fourth-order valence-electron chi connectivity index (χ4n) is 3.31. The van der Waals surface area contributed by atoms with Crippen molar-refractivity contribution in [2.75, 3.05) is 6.54 Å². The molecule has 1 unspecified atom stereocenters. The van der Waals surface area contributed by atoms with E-state index in [4.69, 9.17) is 4.99 Å². The van der Waals surface area contributed by atoms with Crippen LogP contribution in [-0.2, 0) is 6.42 Å². The van der Waals surface area contributed by atoms with E-state index in [2.05, 4.69) is 75.4 Å². The van der Waals surface area contributed by atoms with Gasteiger partial charge in [0.15, 0.2) is 0 Å². The summed E-state index contributed by atoms with van der Waals surface area (Å²) >= 11 is 0. The van der Waals surface area contributed by atoms with Gasteiger partial charge in [-0.15, -0.1) is 0 Å². The fourth-order valence-corrected chi connectivity index (χ4v) is 3.31. The molecule has 134 valence electrons. The molecule has 1 atom stereocenters. The Morgan fingerprint density at radius 2 is 2.08 bits per heavy atom. The molecule has 0 radical (unpaired) electrons. The summed E-state index contributed by atoms with van der Waals surface area (Å²) in [5, 5.41) is 0. The van der Waals surface area contributed by atoms with Crippen LogP contribution in [0.5, 0.6) is 0 Å². The van der Waals surface area contributed by atoms with E-state index in [0.717, 1.165) is 38.6 Å². The second kappa shape index (κ2) is 10.9. The maximum absolute atomic E-state index is 4.78. The Balaban J connectivity index is 2.08. The monoisotopic (exact) mass is 335 g/mol. The van der Waals surface area contributed by atoms with Crippen LogP contribution in [0, 0.1) is 6.92 Å². The van der Waals surface area contributed by atoms with Gasteiger partial charge < -0.3 is 0 Å². The summed E-state index contributed by atoms with van der Waals surface area (Å²) in [4.78, 5) is 4.78. The largest absolute Gasteiger partial charge is 0.290 e. The van der Waals surface area contributed by atoms with Crippen molar-refractivity contribution in [3.8, 4) is 0 Å². The molecule has 1 aromatic rings. The van der Waals surface area contributed by atoms with Crippen LogP contribution >= 0.6 is 0 Å². The minimum Gasteiger partial charge on any atom is -0.290 e. The zero-order chi connectivity index (χ0) is 17.9. The summed E-state index contributed by atoms with van der Waals surface area (Å²) < 4.78 is 0. The Morgan fingerprint density at radius 1 is 1.20 bits per heavy atom. The zero-order valence-electron chi connectivity index (χ0n) is 16.2. The predicted octanol–water partition coefficient (Wildman–Crippen LogP) is 6.73. The molecule has 1 aromatic carbocycles. The Labute approximate surface area is 154 Å². The number of unbranched alkanes of at least 4 members (excludes halogenated alkanes) is 1. The molecule has 1 heteroatoms. The molecule has 25 heavy (non-hydrogen) atoms. The topological polar surface area (TPSA) is 12.4 Å². The first-order valence-electron chi connectivity index (χ1n) is 9.87. The van der Waals surface area contributed by atoms with Crippen LogP contribution in [0.15, 0.2) is 59.6 Å². The molecule has 0 saturated heterocycles. The maximum atomic E-state index is 4.78. The van der Waals surface area contributed by atoms with Gasteiger partial charge in [-0.05, 0) is 61.8 Å². The fraction of sp³-hybridized carbons (Fsp3) is 0.458. The smallest absolute Gasteiger partial charge is 0.0389 e. The van der Waals surface area contributed by atoms with Crippen molar-refractivity contribution in [1.82, 2.24) is 0 Å². The van der Waals surface area contributed by atoms with Gasteiger partial charge in [0.05, 0.1) is 0 Å². The lowest BCUT2D eigenvalue weighted by atomic mass is 9.86. The molecule has 0 N–H and O–H groups in total. The highest BCUT2D eigenvalue weighted by Gasteiger charge is 2.13. The molecular weight excluding hydrogens is 302 g/mol. The molecule has 1 aliphatic carbocycles. The van der Waals surface area contributed by atoms with Crippen LogP contribution in [-0.4, -0.2) is 12.3 Å².